The maximum absolute atomic E-state index is 11.1. The Hall–Kier alpha value is -1.83. The number of ether oxygens (including phenoxy) is 1. The smallest absolute Gasteiger partial charge is 0.492 e. The molecule has 7 heteroatoms. The van der Waals surface area contributed by atoms with Crippen molar-refractivity contribution in [1.82, 2.24) is 0 Å². The highest BCUT2D eigenvalue weighted by atomic mass is 16.7. The lowest BCUT2D eigenvalue weighted by Crippen LogP contribution is -2.41. The first-order chi connectivity index (χ1) is 11.6. The number of aliphatic hydroxyl groups is 1. The molecule has 1 aliphatic heterocycles. The fourth-order valence-electron chi connectivity index (χ4n) is 2.54. The van der Waals surface area contributed by atoms with Gasteiger partial charge in [-0.2, -0.15) is 0 Å². The lowest BCUT2D eigenvalue weighted by molar-refractivity contribution is -0.136. The van der Waals surface area contributed by atoms with Crippen LogP contribution in [0.25, 0.3) is 6.08 Å². The maximum Gasteiger partial charge on any atom is 0.492 e. The first kappa shape index (κ1) is 19.5. The number of benzene rings is 1. The molecular weight excluding hydrogens is 323 g/mol. The minimum absolute atomic E-state index is 0.127. The molecule has 0 unspecified atom stereocenters. The Morgan fingerprint density at radius 1 is 1.24 bits per heavy atom. The quantitative estimate of drug-likeness (QED) is 0.768. The van der Waals surface area contributed by atoms with Crippen molar-refractivity contribution in [2.75, 3.05) is 13.7 Å². The van der Waals surface area contributed by atoms with E-state index in [1.165, 1.54) is 0 Å². The van der Waals surface area contributed by atoms with Gasteiger partial charge in [0.05, 0.1) is 31.3 Å². The minimum atomic E-state index is -0.930. The van der Waals surface area contributed by atoms with Crippen LogP contribution in [0.15, 0.2) is 23.7 Å². The standard InChI is InChI=1S/C18H25BO6/c1-17(2)18(3,4)25-19(24-17)14(11-20)8-13-9-15(23-5)7-6-12(13)10-16(21)22/h6-9,20H,10-11H2,1-5H3,(H,21,22). The second kappa shape index (κ2) is 7.19. The van der Waals surface area contributed by atoms with E-state index in [9.17, 15) is 9.90 Å². The Kier molecular flexibility index (Phi) is 5.61. The number of carboxylic acids is 1. The lowest BCUT2D eigenvalue weighted by atomic mass is 9.77. The number of aliphatic carboxylic acids is 1. The number of carbonyl (C=O) groups is 1. The summed E-state index contributed by atoms with van der Waals surface area (Å²) >= 11 is 0. The van der Waals surface area contributed by atoms with Crippen molar-refractivity contribution in [2.45, 2.75) is 45.3 Å². The predicted octanol–water partition coefficient (Wildman–Crippen LogP) is 2.33. The Labute approximate surface area is 148 Å². The van der Waals surface area contributed by atoms with Crippen molar-refractivity contribution >= 4 is 19.2 Å². The zero-order valence-electron chi connectivity index (χ0n) is 15.3. The molecule has 1 heterocycles. The second-order valence-electron chi connectivity index (χ2n) is 7.10. The van der Waals surface area contributed by atoms with Gasteiger partial charge in [0.2, 0.25) is 0 Å². The van der Waals surface area contributed by atoms with E-state index in [-0.39, 0.29) is 13.0 Å². The van der Waals surface area contributed by atoms with Crippen LogP contribution in [0.2, 0.25) is 0 Å². The SMILES string of the molecule is COc1ccc(CC(=O)O)c(C=C(CO)B2OC(C)(C)C(C)(C)O2)c1. The lowest BCUT2D eigenvalue weighted by Gasteiger charge is -2.32. The normalized spacial score (nSPS) is 19.1. The third-order valence-corrected chi connectivity index (χ3v) is 4.77. The van der Waals surface area contributed by atoms with Gasteiger partial charge >= 0.3 is 13.1 Å². The summed E-state index contributed by atoms with van der Waals surface area (Å²) < 4.78 is 17.2. The van der Waals surface area contributed by atoms with Crippen molar-refractivity contribution in [1.29, 1.82) is 0 Å². The van der Waals surface area contributed by atoms with Gasteiger partial charge < -0.3 is 24.3 Å². The van der Waals surface area contributed by atoms with Crippen LogP contribution < -0.4 is 4.74 Å². The first-order valence-corrected chi connectivity index (χ1v) is 8.15. The van der Waals surface area contributed by atoms with Gasteiger partial charge in [0.15, 0.2) is 0 Å². The van der Waals surface area contributed by atoms with Crippen molar-refractivity contribution in [3.63, 3.8) is 0 Å². The van der Waals surface area contributed by atoms with Gasteiger partial charge in [-0.1, -0.05) is 12.1 Å². The van der Waals surface area contributed by atoms with Crippen LogP contribution >= 0.6 is 0 Å². The molecule has 0 radical (unpaired) electrons. The number of carboxylic acid groups (broad SMARTS) is 1. The van der Waals surface area contributed by atoms with Gasteiger partial charge in [-0.25, -0.2) is 0 Å². The highest BCUT2D eigenvalue weighted by molar-refractivity contribution is 6.55. The van der Waals surface area contributed by atoms with Crippen molar-refractivity contribution < 1.29 is 29.1 Å². The van der Waals surface area contributed by atoms with E-state index < -0.39 is 24.3 Å². The van der Waals surface area contributed by atoms with Crippen LogP contribution in [0, 0.1) is 0 Å². The summed E-state index contributed by atoms with van der Waals surface area (Å²) in [5.41, 5.74) is 0.754. The van der Waals surface area contributed by atoms with E-state index in [0.29, 0.717) is 22.3 Å². The average Bonchev–Trinajstić information content (AvgIpc) is 2.73. The third-order valence-electron chi connectivity index (χ3n) is 4.77. The molecule has 25 heavy (non-hydrogen) atoms. The van der Waals surface area contributed by atoms with Gasteiger partial charge in [-0.15, -0.1) is 0 Å². The molecule has 1 aromatic rings. The van der Waals surface area contributed by atoms with Gasteiger partial charge in [-0.05, 0) is 56.4 Å². The van der Waals surface area contributed by atoms with Crippen LogP contribution in [0.1, 0.15) is 38.8 Å². The molecule has 1 fully saturated rings. The fourth-order valence-corrected chi connectivity index (χ4v) is 2.54. The average molecular weight is 348 g/mol. The summed E-state index contributed by atoms with van der Waals surface area (Å²) in [6.45, 7) is 7.47. The molecule has 0 atom stereocenters. The monoisotopic (exact) mass is 348 g/mol. The van der Waals surface area contributed by atoms with E-state index in [1.807, 2.05) is 27.7 Å². The molecule has 1 aromatic carbocycles. The molecule has 0 aromatic heterocycles. The zero-order valence-corrected chi connectivity index (χ0v) is 15.3. The highest BCUT2D eigenvalue weighted by Gasteiger charge is 2.52. The van der Waals surface area contributed by atoms with Crippen LogP contribution in [0.4, 0.5) is 0 Å². The fraction of sp³-hybridized carbons (Fsp3) is 0.500. The molecule has 6 nitrogen and oxygen atoms in total. The Bertz CT molecular complexity index is 664. The molecule has 136 valence electrons. The molecule has 2 rings (SSSR count). The van der Waals surface area contributed by atoms with Crippen LogP contribution in [-0.4, -0.2) is 48.2 Å². The van der Waals surface area contributed by atoms with Gasteiger partial charge in [-0.3, -0.25) is 4.79 Å². The Morgan fingerprint density at radius 3 is 2.32 bits per heavy atom. The molecular formula is C18H25BO6. The second-order valence-corrected chi connectivity index (χ2v) is 7.10. The Balaban J connectivity index is 2.41. The molecule has 1 aliphatic rings. The van der Waals surface area contributed by atoms with Crippen molar-refractivity contribution in [3.8, 4) is 5.75 Å². The van der Waals surface area contributed by atoms with Crippen LogP contribution in [0.5, 0.6) is 5.75 Å². The number of hydrogen-bond acceptors (Lipinski definition) is 5. The molecule has 0 bridgehead atoms. The summed E-state index contributed by atoms with van der Waals surface area (Å²) in [5.74, 6) is -0.326. The van der Waals surface area contributed by atoms with E-state index in [4.69, 9.17) is 19.2 Å². The molecule has 0 spiro atoms. The number of aliphatic hydroxyl groups excluding tert-OH is 1. The summed E-state index contributed by atoms with van der Waals surface area (Å²) in [4.78, 5) is 11.1. The summed E-state index contributed by atoms with van der Waals surface area (Å²) in [7, 11) is 0.847. The third kappa shape index (κ3) is 4.23. The van der Waals surface area contributed by atoms with Crippen molar-refractivity contribution in [2.24, 2.45) is 0 Å². The molecule has 2 N–H and O–H groups in total. The topological polar surface area (TPSA) is 85.2 Å². The summed E-state index contributed by atoms with van der Waals surface area (Å²) in [6.07, 6.45) is 1.58. The summed E-state index contributed by atoms with van der Waals surface area (Å²) in [5, 5.41) is 18.9. The number of methoxy groups -OCH3 is 1. The van der Waals surface area contributed by atoms with E-state index in [1.54, 1.807) is 31.4 Å². The minimum Gasteiger partial charge on any atom is -0.497 e. The van der Waals surface area contributed by atoms with E-state index >= 15 is 0 Å². The van der Waals surface area contributed by atoms with Crippen LogP contribution in [0.3, 0.4) is 0 Å². The van der Waals surface area contributed by atoms with E-state index in [2.05, 4.69) is 0 Å². The molecule has 0 aliphatic carbocycles. The van der Waals surface area contributed by atoms with Crippen molar-refractivity contribution in [3.05, 3.63) is 34.8 Å². The first-order valence-electron chi connectivity index (χ1n) is 8.15. The zero-order chi connectivity index (χ0) is 18.8. The van der Waals surface area contributed by atoms with E-state index in [0.717, 1.165) is 0 Å². The van der Waals surface area contributed by atoms with Crippen LogP contribution in [-0.2, 0) is 20.5 Å². The molecule has 0 saturated carbocycles. The molecule has 1 saturated heterocycles. The van der Waals surface area contributed by atoms with Gasteiger partial charge in [0.25, 0.3) is 0 Å². The Morgan fingerprint density at radius 2 is 1.84 bits per heavy atom. The van der Waals surface area contributed by atoms with Gasteiger partial charge in [0.1, 0.15) is 5.75 Å². The maximum atomic E-state index is 11.1. The molecule has 0 amide bonds. The summed E-state index contributed by atoms with van der Waals surface area (Å²) in [6, 6.07) is 5.15. The van der Waals surface area contributed by atoms with Gasteiger partial charge in [0, 0.05) is 0 Å². The largest absolute Gasteiger partial charge is 0.497 e. The number of hydrogen-bond donors (Lipinski definition) is 2. The highest BCUT2D eigenvalue weighted by Crippen LogP contribution is 2.39. The predicted molar refractivity (Wildman–Crippen MR) is 95.5 cm³/mol. The number of rotatable bonds is 6.